The predicted octanol–water partition coefficient (Wildman–Crippen LogP) is 0.711. The highest BCUT2D eigenvalue weighted by molar-refractivity contribution is 4.90. The monoisotopic (exact) mass is 128 g/mol. The van der Waals surface area contributed by atoms with Crippen LogP contribution in [0, 0.1) is 0 Å². The first-order chi connectivity index (χ1) is 4.25. The lowest BCUT2D eigenvalue weighted by molar-refractivity contribution is 0.138. The zero-order valence-corrected chi connectivity index (χ0v) is 5.58. The number of ether oxygens (including phenoxy) is 1. The Morgan fingerprint density at radius 1 is 1.89 bits per heavy atom. The Hall–Kier alpha value is -0.340. The third kappa shape index (κ3) is 1.53. The molecule has 0 aliphatic carbocycles. The molecule has 1 aliphatic rings. The van der Waals surface area contributed by atoms with Crippen LogP contribution in [-0.2, 0) is 4.74 Å². The van der Waals surface area contributed by atoms with E-state index in [0.29, 0.717) is 6.42 Å². The normalized spacial score (nSPS) is 35.8. The fourth-order valence-corrected chi connectivity index (χ4v) is 0.911. The fourth-order valence-electron chi connectivity index (χ4n) is 0.911. The van der Waals surface area contributed by atoms with Crippen molar-refractivity contribution in [3.05, 3.63) is 12.7 Å². The van der Waals surface area contributed by atoms with Gasteiger partial charge in [-0.05, 0) is 13.3 Å². The van der Waals surface area contributed by atoms with Gasteiger partial charge in [-0.3, -0.25) is 0 Å². The minimum Gasteiger partial charge on any atom is -0.390 e. The van der Waals surface area contributed by atoms with Crippen molar-refractivity contribution in [2.24, 2.45) is 0 Å². The quantitative estimate of drug-likeness (QED) is 0.448. The molecule has 0 unspecified atom stereocenters. The second-order valence-electron chi connectivity index (χ2n) is 2.40. The van der Waals surface area contributed by atoms with Crippen LogP contribution in [-0.4, -0.2) is 23.4 Å². The summed E-state index contributed by atoms with van der Waals surface area (Å²) < 4.78 is 5.03. The lowest BCUT2D eigenvalue weighted by Gasteiger charge is -2.00. The van der Waals surface area contributed by atoms with Gasteiger partial charge in [0.05, 0.1) is 12.2 Å². The number of hydrogen-bond donors (Lipinski definition) is 1. The molecule has 1 aliphatic heterocycles. The number of epoxide rings is 1. The summed E-state index contributed by atoms with van der Waals surface area (Å²) in [6.07, 6.45) is 2.33. The fraction of sp³-hybridized carbons (Fsp3) is 0.714. The molecule has 1 heterocycles. The first kappa shape index (κ1) is 6.78. The average molecular weight is 128 g/mol. The van der Waals surface area contributed by atoms with Crippen LogP contribution in [0.4, 0.5) is 0 Å². The lowest BCUT2D eigenvalue weighted by atomic mass is 10.1. The Labute approximate surface area is 55.1 Å². The van der Waals surface area contributed by atoms with Crippen molar-refractivity contribution in [2.75, 3.05) is 0 Å². The van der Waals surface area contributed by atoms with Crippen LogP contribution in [0.3, 0.4) is 0 Å². The maximum Gasteiger partial charge on any atom is 0.110 e. The molecule has 0 bridgehead atoms. The van der Waals surface area contributed by atoms with E-state index < -0.39 is 0 Å². The van der Waals surface area contributed by atoms with Gasteiger partial charge in [0, 0.05) is 0 Å². The van der Waals surface area contributed by atoms with Gasteiger partial charge in [-0.25, -0.2) is 0 Å². The molecule has 0 aromatic rings. The molecule has 2 heteroatoms. The number of hydrogen-bond acceptors (Lipinski definition) is 2. The summed E-state index contributed by atoms with van der Waals surface area (Å²) >= 11 is 0. The molecule has 0 aromatic carbocycles. The predicted molar refractivity (Wildman–Crippen MR) is 35.2 cm³/mol. The summed E-state index contributed by atoms with van der Waals surface area (Å²) in [5, 5.41) is 9.16. The van der Waals surface area contributed by atoms with Gasteiger partial charge in [-0.2, -0.15) is 0 Å². The van der Waals surface area contributed by atoms with Gasteiger partial charge in [0.25, 0.3) is 0 Å². The third-order valence-electron chi connectivity index (χ3n) is 1.55. The standard InChI is InChI=1S/C7H12O2/c1-3-4-6(8)7-5(2)9-7/h3,5-8H,1,4H2,2H3/t5-,6+,7-/m1/s1. The van der Waals surface area contributed by atoms with E-state index >= 15 is 0 Å². The van der Waals surface area contributed by atoms with Gasteiger partial charge in [-0.1, -0.05) is 6.08 Å². The Balaban J connectivity index is 2.18. The number of rotatable bonds is 3. The van der Waals surface area contributed by atoms with Crippen LogP contribution < -0.4 is 0 Å². The Kier molecular flexibility index (Phi) is 1.88. The lowest BCUT2D eigenvalue weighted by Crippen LogP contribution is -2.14. The number of aliphatic hydroxyl groups excluding tert-OH is 1. The SMILES string of the molecule is C=CC[C@H](O)[C@@H]1O[C@@H]1C. The van der Waals surface area contributed by atoms with Crippen LogP contribution >= 0.6 is 0 Å². The third-order valence-corrected chi connectivity index (χ3v) is 1.55. The van der Waals surface area contributed by atoms with Crippen molar-refractivity contribution < 1.29 is 9.84 Å². The maximum absolute atomic E-state index is 9.16. The van der Waals surface area contributed by atoms with E-state index in [1.165, 1.54) is 0 Å². The average Bonchev–Trinajstić information content (AvgIpc) is 2.47. The topological polar surface area (TPSA) is 32.8 Å². The first-order valence-corrected chi connectivity index (χ1v) is 3.20. The summed E-state index contributed by atoms with van der Waals surface area (Å²) in [6, 6.07) is 0. The summed E-state index contributed by atoms with van der Waals surface area (Å²) in [5.41, 5.74) is 0. The summed E-state index contributed by atoms with van der Waals surface area (Å²) in [4.78, 5) is 0. The highest BCUT2D eigenvalue weighted by Crippen LogP contribution is 2.25. The van der Waals surface area contributed by atoms with E-state index in [-0.39, 0.29) is 18.3 Å². The molecule has 1 fully saturated rings. The smallest absolute Gasteiger partial charge is 0.110 e. The summed E-state index contributed by atoms with van der Waals surface area (Å²) in [7, 11) is 0. The van der Waals surface area contributed by atoms with E-state index in [4.69, 9.17) is 9.84 Å². The van der Waals surface area contributed by atoms with E-state index in [1.807, 2.05) is 6.92 Å². The van der Waals surface area contributed by atoms with Gasteiger partial charge < -0.3 is 9.84 Å². The van der Waals surface area contributed by atoms with E-state index in [2.05, 4.69) is 6.58 Å². The van der Waals surface area contributed by atoms with Gasteiger partial charge in [0.15, 0.2) is 0 Å². The van der Waals surface area contributed by atoms with E-state index in [9.17, 15) is 0 Å². The minimum atomic E-state index is -0.336. The maximum atomic E-state index is 9.16. The van der Waals surface area contributed by atoms with Crippen molar-refractivity contribution in [1.82, 2.24) is 0 Å². The molecule has 52 valence electrons. The molecular weight excluding hydrogens is 116 g/mol. The Bertz CT molecular complexity index is 111. The van der Waals surface area contributed by atoms with Gasteiger partial charge in [0.1, 0.15) is 6.10 Å². The Morgan fingerprint density at radius 2 is 2.44 bits per heavy atom. The molecule has 0 saturated carbocycles. The molecule has 0 aromatic heterocycles. The second kappa shape index (κ2) is 2.50. The molecule has 0 amide bonds. The molecule has 9 heavy (non-hydrogen) atoms. The van der Waals surface area contributed by atoms with Crippen molar-refractivity contribution in [3.8, 4) is 0 Å². The molecule has 2 nitrogen and oxygen atoms in total. The zero-order chi connectivity index (χ0) is 6.85. The van der Waals surface area contributed by atoms with Gasteiger partial charge >= 0.3 is 0 Å². The second-order valence-corrected chi connectivity index (χ2v) is 2.40. The number of aliphatic hydroxyl groups is 1. The van der Waals surface area contributed by atoms with Crippen LogP contribution in [0.25, 0.3) is 0 Å². The molecule has 3 atom stereocenters. The van der Waals surface area contributed by atoms with Crippen LogP contribution in [0.5, 0.6) is 0 Å². The molecule has 0 radical (unpaired) electrons. The highest BCUT2D eigenvalue weighted by Gasteiger charge is 2.39. The minimum absolute atomic E-state index is 0.0722. The van der Waals surface area contributed by atoms with Gasteiger partial charge in [0.2, 0.25) is 0 Å². The summed E-state index contributed by atoms with van der Waals surface area (Å²) in [6.45, 7) is 5.48. The molecule has 1 N–H and O–H groups in total. The molecule has 0 spiro atoms. The first-order valence-electron chi connectivity index (χ1n) is 3.20. The largest absolute Gasteiger partial charge is 0.390 e. The molecule has 1 saturated heterocycles. The van der Waals surface area contributed by atoms with Gasteiger partial charge in [-0.15, -0.1) is 6.58 Å². The van der Waals surface area contributed by atoms with Crippen molar-refractivity contribution in [1.29, 1.82) is 0 Å². The van der Waals surface area contributed by atoms with Crippen molar-refractivity contribution >= 4 is 0 Å². The van der Waals surface area contributed by atoms with E-state index in [0.717, 1.165) is 0 Å². The van der Waals surface area contributed by atoms with Crippen LogP contribution in [0.2, 0.25) is 0 Å². The van der Waals surface area contributed by atoms with Crippen molar-refractivity contribution in [3.63, 3.8) is 0 Å². The van der Waals surface area contributed by atoms with Crippen LogP contribution in [0.1, 0.15) is 13.3 Å². The highest BCUT2D eigenvalue weighted by atomic mass is 16.6. The summed E-state index contributed by atoms with van der Waals surface area (Å²) in [5.74, 6) is 0. The Morgan fingerprint density at radius 3 is 2.78 bits per heavy atom. The van der Waals surface area contributed by atoms with Crippen LogP contribution in [0.15, 0.2) is 12.7 Å². The molecule has 1 rings (SSSR count). The zero-order valence-electron chi connectivity index (χ0n) is 5.58. The van der Waals surface area contributed by atoms with E-state index in [1.54, 1.807) is 6.08 Å². The van der Waals surface area contributed by atoms with Crippen molar-refractivity contribution in [2.45, 2.75) is 31.7 Å². The molecular formula is C7H12O2.